The van der Waals surface area contributed by atoms with Crippen LogP contribution in [0.3, 0.4) is 0 Å². The molecule has 9 heteroatoms. The molecule has 2 aromatic heterocycles. The van der Waals surface area contributed by atoms with E-state index in [0.29, 0.717) is 17.2 Å². The normalized spacial score (nSPS) is 10.4. The number of carbonyl (C=O) groups is 2. The van der Waals surface area contributed by atoms with Gasteiger partial charge in [0.05, 0.1) is 24.5 Å². The van der Waals surface area contributed by atoms with E-state index in [1.165, 1.54) is 0 Å². The first kappa shape index (κ1) is 15.0. The van der Waals surface area contributed by atoms with Crippen molar-refractivity contribution < 1.29 is 14.7 Å². The van der Waals surface area contributed by atoms with Crippen LogP contribution >= 0.6 is 11.3 Å². The summed E-state index contributed by atoms with van der Waals surface area (Å²) in [6, 6.07) is 1.46. The zero-order chi connectivity index (χ0) is 15.4. The molecular formula is C12H15N5O3S. The first-order chi connectivity index (χ1) is 9.97. The Bertz CT molecular complexity index is 664. The van der Waals surface area contributed by atoms with Crippen LogP contribution in [0.4, 0.5) is 4.79 Å². The Labute approximate surface area is 124 Å². The van der Waals surface area contributed by atoms with E-state index in [-0.39, 0.29) is 17.5 Å². The van der Waals surface area contributed by atoms with Crippen molar-refractivity contribution in [1.82, 2.24) is 25.4 Å². The van der Waals surface area contributed by atoms with Crippen LogP contribution < -0.4 is 10.6 Å². The number of urea groups is 1. The summed E-state index contributed by atoms with van der Waals surface area (Å²) in [4.78, 5) is 26.9. The second kappa shape index (κ2) is 6.35. The monoisotopic (exact) mass is 309 g/mol. The van der Waals surface area contributed by atoms with Gasteiger partial charge >= 0.3 is 12.0 Å². The Morgan fingerprint density at radius 1 is 1.38 bits per heavy atom. The molecule has 0 aliphatic carbocycles. The number of aryl methyl sites for hydroxylation is 2. The summed E-state index contributed by atoms with van der Waals surface area (Å²) in [5.41, 5.74) is 1.34. The Morgan fingerprint density at radius 3 is 2.67 bits per heavy atom. The molecule has 2 aromatic rings. The number of carboxylic acids is 1. The SMILES string of the molecule is Cc1nc(CNC(=O)NCc2ccnn2C)sc1C(=O)O. The zero-order valence-corrected chi connectivity index (χ0v) is 12.4. The van der Waals surface area contributed by atoms with Crippen LogP contribution in [-0.4, -0.2) is 31.9 Å². The molecule has 2 heterocycles. The molecule has 0 aliphatic rings. The largest absolute Gasteiger partial charge is 0.477 e. The highest BCUT2D eigenvalue weighted by atomic mass is 32.1. The van der Waals surface area contributed by atoms with Crippen molar-refractivity contribution in [2.45, 2.75) is 20.0 Å². The number of hydrogen-bond donors (Lipinski definition) is 3. The third-order valence-corrected chi connectivity index (χ3v) is 3.93. The Hall–Kier alpha value is -2.42. The standard InChI is InChI=1S/C12H15N5O3S/c1-7-10(11(18)19)21-9(16-7)6-14-12(20)13-5-8-3-4-15-17(8)2/h3-4H,5-6H2,1-2H3,(H,18,19)(H2,13,14,20). The number of aromatic nitrogens is 3. The molecule has 0 radical (unpaired) electrons. The summed E-state index contributed by atoms with van der Waals surface area (Å²) in [5.74, 6) is -1.00. The molecule has 0 unspecified atom stereocenters. The topological polar surface area (TPSA) is 109 Å². The molecule has 0 bridgehead atoms. The second-order valence-electron chi connectivity index (χ2n) is 4.31. The predicted octanol–water partition coefficient (Wildman–Crippen LogP) is 0.883. The number of nitrogens with one attached hydrogen (secondary N) is 2. The molecule has 112 valence electrons. The van der Waals surface area contributed by atoms with Gasteiger partial charge in [-0.15, -0.1) is 11.3 Å². The number of nitrogens with zero attached hydrogens (tertiary/aromatic N) is 3. The van der Waals surface area contributed by atoms with Crippen molar-refractivity contribution in [2.24, 2.45) is 7.05 Å². The van der Waals surface area contributed by atoms with Crippen LogP contribution in [-0.2, 0) is 20.1 Å². The van der Waals surface area contributed by atoms with Crippen LogP contribution in [0.15, 0.2) is 12.3 Å². The molecule has 0 atom stereocenters. The van der Waals surface area contributed by atoms with Gasteiger partial charge in [0.2, 0.25) is 0 Å². The van der Waals surface area contributed by atoms with Crippen LogP contribution in [0.5, 0.6) is 0 Å². The molecular weight excluding hydrogens is 294 g/mol. The van der Waals surface area contributed by atoms with E-state index in [0.717, 1.165) is 17.0 Å². The fourth-order valence-corrected chi connectivity index (χ4v) is 2.53. The molecule has 3 N–H and O–H groups in total. The zero-order valence-electron chi connectivity index (χ0n) is 11.6. The first-order valence-electron chi connectivity index (χ1n) is 6.15. The lowest BCUT2D eigenvalue weighted by molar-refractivity contribution is 0.0701. The van der Waals surface area contributed by atoms with E-state index in [4.69, 9.17) is 5.11 Å². The van der Waals surface area contributed by atoms with Gasteiger partial charge in [0.25, 0.3) is 0 Å². The molecule has 0 saturated carbocycles. The van der Waals surface area contributed by atoms with E-state index >= 15 is 0 Å². The van der Waals surface area contributed by atoms with Crippen LogP contribution in [0, 0.1) is 6.92 Å². The third-order valence-electron chi connectivity index (χ3n) is 2.79. The van der Waals surface area contributed by atoms with Gasteiger partial charge in [-0.25, -0.2) is 14.6 Å². The highest BCUT2D eigenvalue weighted by molar-refractivity contribution is 7.13. The lowest BCUT2D eigenvalue weighted by atomic mass is 10.4. The summed E-state index contributed by atoms with van der Waals surface area (Å²) in [6.45, 7) is 2.18. The minimum atomic E-state index is -1.00. The lowest BCUT2D eigenvalue weighted by Gasteiger charge is -2.06. The molecule has 2 rings (SSSR count). The number of amides is 2. The fourth-order valence-electron chi connectivity index (χ4n) is 1.69. The second-order valence-corrected chi connectivity index (χ2v) is 5.39. The highest BCUT2D eigenvalue weighted by Gasteiger charge is 2.14. The summed E-state index contributed by atoms with van der Waals surface area (Å²) >= 11 is 1.06. The van der Waals surface area contributed by atoms with Crippen molar-refractivity contribution in [3.8, 4) is 0 Å². The summed E-state index contributed by atoms with van der Waals surface area (Å²) < 4.78 is 1.67. The predicted molar refractivity (Wildman–Crippen MR) is 76.1 cm³/mol. The van der Waals surface area contributed by atoms with E-state index in [9.17, 15) is 9.59 Å². The average Bonchev–Trinajstić information content (AvgIpc) is 3.00. The molecule has 0 spiro atoms. The van der Waals surface area contributed by atoms with Crippen LogP contribution in [0.25, 0.3) is 0 Å². The molecule has 0 fully saturated rings. The van der Waals surface area contributed by atoms with Gasteiger partial charge in [0.15, 0.2) is 0 Å². The van der Waals surface area contributed by atoms with E-state index < -0.39 is 5.97 Å². The van der Waals surface area contributed by atoms with Gasteiger partial charge in [-0.3, -0.25) is 4.68 Å². The number of carbonyl (C=O) groups excluding carboxylic acids is 1. The summed E-state index contributed by atoms with van der Waals surface area (Å²) in [6.07, 6.45) is 1.65. The van der Waals surface area contributed by atoms with Gasteiger partial charge in [-0.05, 0) is 13.0 Å². The minimum absolute atomic E-state index is 0.190. The number of hydrogen-bond acceptors (Lipinski definition) is 5. The maximum absolute atomic E-state index is 11.7. The lowest BCUT2D eigenvalue weighted by Crippen LogP contribution is -2.35. The van der Waals surface area contributed by atoms with E-state index in [2.05, 4.69) is 20.7 Å². The van der Waals surface area contributed by atoms with Gasteiger partial charge < -0.3 is 15.7 Å². The van der Waals surface area contributed by atoms with Crippen molar-refractivity contribution in [3.05, 3.63) is 33.5 Å². The number of rotatable bonds is 5. The van der Waals surface area contributed by atoms with Crippen molar-refractivity contribution in [2.75, 3.05) is 0 Å². The number of aromatic carboxylic acids is 1. The molecule has 8 nitrogen and oxygen atoms in total. The quantitative estimate of drug-likeness (QED) is 0.759. The molecule has 21 heavy (non-hydrogen) atoms. The molecule has 0 aromatic carbocycles. The Balaban J connectivity index is 1.82. The maximum atomic E-state index is 11.7. The summed E-state index contributed by atoms with van der Waals surface area (Å²) in [5, 5.41) is 18.8. The first-order valence-corrected chi connectivity index (χ1v) is 6.97. The van der Waals surface area contributed by atoms with E-state index in [1.54, 1.807) is 24.9 Å². The number of thiazole rings is 1. The smallest absolute Gasteiger partial charge is 0.347 e. The summed E-state index contributed by atoms with van der Waals surface area (Å²) in [7, 11) is 1.79. The fraction of sp³-hybridized carbons (Fsp3) is 0.333. The van der Waals surface area contributed by atoms with Crippen LogP contribution in [0.1, 0.15) is 26.1 Å². The van der Waals surface area contributed by atoms with Gasteiger partial charge in [0.1, 0.15) is 9.88 Å². The highest BCUT2D eigenvalue weighted by Crippen LogP contribution is 2.17. The van der Waals surface area contributed by atoms with Crippen LogP contribution in [0.2, 0.25) is 0 Å². The van der Waals surface area contributed by atoms with Crippen molar-refractivity contribution >= 4 is 23.3 Å². The van der Waals surface area contributed by atoms with Gasteiger partial charge in [0, 0.05) is 13.2 Å². The van der Waals surface area contributed by atoms with Crippen molar-refractivity contribution in [1.29, 1.82) is 0 Å². The Kier molecular flexibility index (Phi) is 4.53. The third kappa shape index (κ3) is 3.78. The van der Waals surface area contributed by atoms with Gasteiger partial charge in [-0.2, -0.15) is 5.10 Å². The Morgan fingerprint density at radius 2 is 2.10 bits per heavy atom. The minimum Gasteiger partial charge on any atom is -0.477 e. The number of carboxylic acid groups (broad SMARTS) is 1. The molecule has 2 amide bonds. The average molecular weight is 309 g/mol. The maximum Gasteiger partial charge on any atom is 0.347 e. The van der Waals surface area contributed by atoms with Gasteiger partial charge in [-0.1, -0.05) is 0 Å². The van der Waals surface area contributed by atoms with Crippen molar-refractivity contribution in [3.63, 3.8) is 0 Å². The molecule has 0 saturated heterocycles. The van der Waals surface area contributed by atoms with E-state index in [1.807, 2.05) is 6.07 Å². The molecule has 0 aliphatic heterocycles.